The fourth-order valence-electron chi connectivity index (χ4n) is 4.41. The van der Waals surface area contributed by atoms with Gasteiger partial charge in [-0.1, -0.05) is 38.1 Å². The lowest BCUT2D eigenvalue weighted by atomic mass is 9.75. The van der Waals surface area contributed by atoms with Gasteiger partial charge in [0.15, 0.2) is 0 Å². The monoisotopic (exact) mass is 272 g/mol. The van der Waals surface area contributed by atoms with Gasteiger partial charge in [-0.3, -0.25) is 4.90 Å². The van der Waals surface area contributed by atoms with Gasteiger partial charge in [0, 0.05) is 25.2 Å². The normalized spacial score (nSPS) is 34.8. The third-order valence-corrected chi connectivity index (χ3v) is 5.42. The molecule has 1 aliphatic heterocycles. The molecule has 2 N–H and O–H groups in total. The van der Waals surface area contributed by atoms with Crippen molar-refractivity contribution < 1.29 is 0 Å². The number of hydrogen-bond acceptors (Lipinski definition) is 2. The summed E-state index contributed by atoms with van der Waals surface area (Å²) in [6.45, 7) is 8.03. The third kappa shape index (κ3) is 2.51. The summed E-state index contributed by atoms with van der Waals surface area (Å²) in [5.41, 5.74) is 9.54. The summed E-state index contributed by atoms with van der Waals surface area (Å²) >= 11 is 0. The highest BCUT2D eigenvalue weighted by molar-refractivity contribution is 5.32. The molecule has 1 aliphatic carbocycles. The highest BCUT2D eigenvalue weighted by atomic mass is 15.2. The van der Waals surface area contributed by atoms with Crippen LogP contribution >= 0.6 is 0 Å². The number of rotatable bonds is 2. The lowest BCUT2D eigenvalue weighted by Crippen LogP contribution is -2.60. The van der Waals surface area contributed by atoms with Crippen molar-refractivity contribution >= 4 is 0 Å². The Kier molecular flexibility index (Phi) is 3.87. The Bertz CT molecular complexity index is 460. The van der Waals surface area contributed by atoms with Gasteiger partial charge in [0.25, 0.3) is 0 Å². The molecule has 3 unspecified atom stereocenters. The fraction of sp³-hybridized carbons (Fsp3) is 0.667. The number of piperidine rings is 1. The lowest BCUT2D eigenvalue weighted by molar-refractivity contribution is 0.0196. The van der Waals surface area contributed by atoms with Crippen molar-refractivity contribution in [3.8, 4) is 0 Å². The molecule has 0 spiro atoms. The largest absolute Gasteiger partial charge is 0.329 e. The molecule has 0 saturated carbocycles. The zero-order valence-corrected chi connectivity index (χ0v) is 12.9. The van der Waals surface area contributed by atoms with Gasteiger partial charge in [-0.05, 0) is 48.6 Å². The molecule has 1 aromatic rings. The van der Waals surface area contributed by atoms with Gasteiger partial charge in [-0.15, -0.1) is 0 Å². The Morgan fingerprint density at radius 3 is 2.45 bits per heavy atom. The van der Waals surface area contributed by atoms with E-state index in [1.54, 1.807) is 0 Å². The van der Waals surface area contributed by atoms with E-state index in [9.17, 15) is 0 Å². The van der Waals surface area contributed by atoms with Crippen LogP contribution in [0.5, 0.6) is 0 Å². The Balaban J connectivity index is 1.86. The second-order valence-electron chi connectivity index (χ2n) is 7.22. The molecule has 0 radical (unpaired) electrons. The van der Waals surface area contributed by atoms with Gasteiger partial charge in [0.05, 0.1) is 0 Å². The van der Waals surface area contributed by atoms with E-state index in [2.05, 4.69) is 43.0 Å². The number of benzene rings is 1. The second-order valence-corrected chi connectivity index (χ2v) is 7.22. The molecular weight excluding hydrogens is 244 g/mol. The average Bonchev–Trinajstić information content (AvgIpc) is 2.45. The minimum absolute atomic E-state index is 0.206. The van der Waals surface area contributed by atoms with Crippen LogP contribution in [0.3, 0.4) is 0 Å². The number of likely N-dealkylation sites (tertiary alicyclic amines) is 1. The molecule has 0 aromatic heterocycles. The predicted molar refractivity (Wildman–Crippen MR) is 84.8 cm³/mol. The fourth-order valence-corrected chi connectivity index (χ4v) is 4.41. The van der Waals surface area contributed by atoms with Crippen LogP contribution in [-0.4, -0.2) is 30.1 Å². The van der Waals surface area contributed by atoms with Crippen molar-refractivity contribution in [2.24, 2.45) is 17.6 Å². The molecule has 3 atom stereocenters. The molecule has 1 fully saturated rings. The minimum atomic E-state index is 0.206. The molecule has 2 nitrogen and oxygen atoms in total. The SMILES string of the molecule is CC1CC(C)CN(C2(CN)CCc3ccccc3C2)C1. The quantitative estimate of drug-likeness (QED) is 0.897. The van der Waals surface area contributed by atoms with E-state index in [0.29, 0.717) is 0 Å². The Hall–Kier alpha value is -0.860. The second kappa shape index (κ2) is 5.50. The molecule has 2 heteroatoms. The third-order valence-electron chi connectivity index (χ3n) is 5.42. The van der Waals surface area contributed by atoms with Crippen molar-refractivity contribution in [1.82, 2.24) is 4.90 Å². The van der Waals surface area contributed by atoms with Crippen LogP contribution < -0.4 is 5.73 Å². The zero-order valence-electron chi connectivity index (χ0n) is 12.9. The minimum Gasteiger partial charge on any atom is -0.329 e. The highest BCUT2D eigenvalue weighted by Crippen LogP contribution is 2.36. The average molecular weight is 272 g/mol. The molecular formula is C18H28N2. The number of fused-ring (bicyclic) bond motifs is 1. The molecule has 1 heterocycles. The van der Waals surface area contributed by atoms with Gasteiger partial charge < -0.3 is 5.73 Å². The van der Waals surface area contributed by atoms with Gasteiger partial charge in [0.1, 0.15) is 0 Å². The van der Waals surface area contributed by atoms with Crippen LogP contribution in [0, 0.1) is 11.8 Å². The van der Waals surface area contributed by atoms with Crippen molar-refractivity contribution in [1.29, 1.82) is 0 Å². The van der Waals surface area contributed by atoms with Gasteiger partial charge in [-0.2, -0.15) is 0 Å². The first-order valence-electron chi connectivity index (χ1n) is 8.15. The summed E-state index contributed by atoms with van der Waals surface area (Å²) in [6, 6.07) is 8.93. The van der Waals surface area contributed by atoms with Crippen LogP contribution in [0.1, 0.15) is 37.8 Å². The zero-order chi connectivity index (χ0) is 14.2. The van der Waals surface area contributed by atoms with Gasteiger partial charge in [-0.25, -0.2) is 0 Å². The van der Waals surface area contributed by atoms with Crippen molar-refractivity contribution in [3.05, 3.63) is 35.4 Å². The standard InChI is InChI=1S/C18H28N2/c1-14-9-15(2)12-20(11-14)18(13-19)8-7-16-5-3-4-6-17(16)10-18/h3-6,14-15H,7-13,19H2,1-2H3. The number of aryl methyl sites for hydroxylation is 1. The number of nitrogens with zero attached hydrogens (tertiary/aromatic N) is 1. The molecule has 1 aromatic carbocycles. The summed E-state index contributed by atoms with van der Waals surface area (Å²) in [4.78, 5) is 2.72. The van der Waals surface area contributed by atoms with Crippen LogP contribution in [-0.2, 0) is 12.8 Å². The highest BCUT2D eigenvalue weighted by Gasteiger charge is 2.41. The molecule has 0 bridgehead atoms. The Labute approximate surface area is 123 Å². The molecule has 1 saturated heterocycles. The smallest absolute Gasteiger partial charge is 0.0375 e. The van der Waals surface area contributed by atoms with Crippen LogP contribution in [0.2, 0.25) is 0 Å². The van der Waals surface area contributed by atoms with E-state index < -0.39 is 0 Å². The van der Waals surface area contributed by atoms with Gasteiger partial charge >= 0.3 is 0 Å². The first-order valence-corrected chi connectivity index (χ1v) is 8.15. The first-order chi connectivity index (χ1) is 9.63. The van der Waals surface area contributed by atoms with E-state index in [4.69, 9.17) is 5.73 Å². The molecule has 3 rings (SSSR count). The van der Waals surface area contributed by atoms with E-state index >= 15 is 0 Å². The summed E-state index contributed by atoms with van der Waals surface area (Å²) in [5, 5.41) is 0. The summed E-state index contributed by atoms with van der Waals surface area (Å²) in [7, 11) is 0. The van der Waals surface area contributed by atoms with Crippen LogP contribution in [0.4, 0.5) is 0 Å². The lowest BCUT2D eigenvalue weighted by Gasteiger charge is -2.50. The van der Waals surface area contributed by atoms with Crippen molar-refractivity contribution in [3.63, 3.8) is 0 Å². The number of nitrogens with two attached hydrogens (primary N) is 1. The van der Waals surface area contributed by atoms with Crippen LogP contribution in [0.15, 0.2) is 24.3 Å². The Morgan fingerprint density at radius 2 is 1.80 bits per heavy atom. The van der Waals surface area contributed by atoms with E-state index in [0.717, 1.165) is 24.8 Å². The van der Waals surface area contributed by atoms with Crippen molar-refractivity contribution in [2.45, 2.75) is 45.1 Å². The number of hydrogen-bond donors (Lipinski definition) is 1. The van der Waals surface area contributed by atoms with E-state index in [1.165, 1.54) is 43.5 Å². The van der Waals surface area contributed by atoms with Gasteiger partial charge in [0.2, 0.25) is 0 Å². The summed E-state index contributed by atoms with van der Waals surface area (Å²) in [6.07, 6.45) is 4.92. The molecule has 20 heavy (non-hydrogen) atoms. The molecule has 2 aliphatic rings. The predicted octanol–water partition coefficient (Wildman–Crippen LogP) is 2.85. The maximum atomic E-state index is 6.28. The summed E-state index contributed by atoms with van der Waals surface area (Å²) in [5.74, 6) is 1.61. The Morgan fingerprint density at radius 1 is 1.15 bits per heavy atom. The maximum absolute atomic E-state index is 6.28. The molecule has 0 amide bonds. The van der Waals surface area contributed by atoms with Crippen LogP contribution in [0.25, 0.3) is 0 Å². The topological polar surface area (TPSA) is 29.3 Å². The van der Waals surface area contributed by atoms with Crippen molar-refractivity contribution in [2.75, 3.05) is 19.6 Å². The first kappa shape index (κ1) is 14.1. The maximum Gasteiger partial charge on any atom is 0.0375 e. The van der Waals surface area contributed by atoms with E-state index in [1.807, 2.05) is 0 Å². The summed E-state index contributed by atoms with van der Waals surface area (Å²) < 4.78 is 0. The molecule has 110 valence electrons. The van der Waals surface area contributed by atoms with E-state index in [-0.39, 0.29) is 5.54 Å².